The van der Waals surface area contributed by atoms with Crippen LogP contribution in [0.1, 0.15) is 125 Å². The van der Waals surface area contributed by atoms with E-state index >= 15 is 0 Å². The smallest absolute Gasteiger partial charge is 0.407 e. The number of primary amides is 1. The summed E-state index contributed by atoms with van der Waals surface area (Å²) in [6.45, 7) is 5.82. The number of nitrogens with two attached hydrogens (primary N) is 1. The van der Waals surface area contributed by atoms with Crippen molar-refractivity contribution < 1.29 is 82.1 Å². The lowest BCUT2D eigenvalue weighted by Crippen LogP contribution is -2.52. The number of hydrogen-bond acceptors (Lipinski definition) is 17. The predicted molar refractivity (Wildman–Crippen MR) is 326 cm³/mol. The first kappa shape index (κ1) is 66.2. The fraction of sp³-hybridized carbons (Fsp3) is 0.493. The third-order valence-electron chi connectivity index (χ3n) is 18.1. The van der Waals surface area contributed by atoms with Gasteiger partial charge in [0.15, 0.2) is 11.2 Å². The molecule has 9 rings (SSSR count). The number of Topliss-reactive ketones (excluding diaryl/α,β-unsaturated/α-hetero) is 2. The number of anilines is 1. The molecule has 3 heterocycles. The summed E-state index contributed by atoms with van der Waals surface area (Å²) in [6, 6.07) is 25.2. The van der Waals surface area contributed by atoms with E-state index in [1.54, 1.807) is 73.7 Å². The van der Waals surface area contributed by atoms with Crippen molar-refractivity contribution in [3.05, 3.63) is 131 Å². The molecule has 90 heavy (non-hydrogen) atoms. The van der Waals surface area contributed by atoms with Gasteiger partial charge in [0.2, 0.25) is 18.1 Å². The highest BCUT2D eigenvalue weighted by molar-refractivity contribution is 6.13. The van der Waals surface area contributed by atoms with Gasteiger partial charge in [0, 0.05) is 80.8 Å². The molecule has 10 atom stereocenters. The number of fused-ring (bicyclic) bond motifs is 3. The largest absolute Gasteiger partial charge is 0.496 e. The zero-order valence-corrected chi connectivity index (χ0v) is 51.2. The highest BCUT2D eigenvalue weighted by atomic mass is 16.7. The molecule has 0 unspecified atom stereocenters. The second-order valence-electron chi connectivity index (χ2n) is 23.9. The molecule has 23 nitrogen and oxygen atoms in total. The first-order chi connectivity index (χ1) is 43.2. The van der Waals surface area contributed by atoms with Gasteiger partial charge >= 0.3 is 12.1 Å². The first-order valence-electron chi connectivity index (χ1n) is 31.0. The van der Waals surface area contributed by atoms with Crippen molar-refractivity contribution in [2.75, 3.05) is 45.2 Å². The SMILES string of the molecule is CC[C@@H](O)[C@H]1CO[C@@H](C)[C@H](Oc2cc(OC)c3c(c2)O[C@@]2(c4ccc(C)cc4)[C@H](c4ccccc4)[C@@H](C(=O)NCCNC(=O)OCc4ccc(NC(=O)[C@H](CCCNC(N)=O)CC(=O)C5(C(=O)CCCCCCN6C(=O)C=CC6=O)CCC5)cc4)[C@@H](O)[C@@]32O)O1. The van der Waals surface area contributed by atoms with E-state index in [0.29, 0.717) is 86.7 Å². The summed E-state index contributed by atoms with van der Waals surface area (Å²) in [5.41, 5.74) is 2.95. The van der Waals surface area contributed by atoms with Crippen LogP contribution in [0.5, 0.6) is 17.2 Å². The maximum absolute atomic E-state index is 14.7. The van der Waals surface area contributed by atoms with E-state index in [1.807, 2.05) is 32.0 Å². The van der Waals surface area contributed by atoms with Crippen LogP contribution >= 0.6 is 0 Å². The minimum absolute atomic E-state index is 0.0885. The van der Waals surface area contributed by atoms with Crippen molar-refractivity contribution in [3.8, 4) is 17.2 Å². The Kier molecular flexibility index (Phi) is 21.5. The lowest BCUT2D eigenvalue weighted by molar-refractivity contribution is -0.258. The summed E-state index contributed by atoms with van der Waals surface area (Å²) in [6.07, 6.45) is 2.03. The number of carbonyl (C=O) groups is 8. The summed E-state index contributed by atoms with van der Waals surface area (Å²) in [7, 11) is 1.41. The predicted octanol–water partition coefficient (Wildman–Crippen LogP) is 6.15. The molecule has 1 saturated heterocycles. The van der Waals surface area contributed by atoms with E-state index in [4.69, 9.17) is 34.2 Å². The number of amides is 7. The Bertz CT molecular complexity index is 3270. The van der Waals surface area contributed by atoms with E-state index in [-0.39, 0.29) is 98.3 Å². The van der Waals surface area contributed by atoms with Crippen molar-refractivity contribution in [2.24, 2.45) is 23.0 Å². The Morgan fingerprint density at radius 3 is 2.21 bits per heavy atom. The quantitative estimate of drug-likeness (QED) is 0.0165. The molecular formula is C67H82N6O17. The number of aliphatic hydroxyl groups excluding tert-OH is 2. The standard InChI is InChI=1S/C67H82N6O17/c1-5-48(74)51-39-86-41(3)62(89-51)88-47-36-49(85-4)58-50(37-47)90-67(45-23-19-40(2)20-24-45)57(43-15-9-8-10-16-43)56(59(79)66(58,67)84)61(81)69-32-33-71-64(83)87-38-42-21-25-46(26-22-42)72-60(80)44(17-13-31-70-63(68)82)35-53(76)65(29-14-30-65)52(75)18-11-6-7-12-34-73-54(77)27-28-55(73)78/h8-10,15-16,19-28,36-37,41,44,48,51,56-57,59,62,74,79,84H,5-7,11-14,17-18,29-35,38-39H2,1-4H3,(H,69,81)(H,71,83)(H,72,80)(H3,68,70,82)/t41-,44+,48+,51+,56+,57+,59+,62+,66-,67-/m0/s1. The molecule has 3 fully saturated rings. The number of unbranched alkanes of at least 4 members (excludes halogenated alkanes) is 3. The molecule has 23 heteroatoms. The van der Waals surface area contributed by atoms with Crippen molar-refractivity contribution >= 4 is 53.0 Å². The number of nitrogens with one attached hydrogen (secondary N) is 4. The van der Waals surface area contributed by atoms with Gasteiger partial charge in [0.05, 0.1) is 36.7 Å². The second-order valence-corrected chi connectivity index (χ2v) is 23.9. The van der Waals surface area contributed by atoms with Crippen LogP contribution in [-0.2, 0) is 60.8 Å². The highest BCUT2D eigenvalue weighted by Gasteiger charge is 2.78. The van der Waals surface area contributed by atoms with Gasteiger partial charge in [-0.15, -0.1) is 0 Å². The zero-order chi connectivity index (χ0) is 64.3. The number of carbonyl (C=O) groups excluding carboxylic acids is 8. The van der Waals surface area contributed by atoms with Gasteiger partial charge in [-0.3, -0.25) is 33.7 Å². The van der Waals surface area contributed by atoms with Crippen LogP contribution in [0.25, 0.3) is 0 Å². The van der Waals surface area contributed by atoms with Gasteiger partial charge < -0.3 is 70.7 Å². The Morgan fingerprint density at radius 1 is 0.844 bits per heavy atom. The van der Waals surface area contributed by atoms with Gasteiger partial charge in [-0.1, -0.05) is 98.5 Å². The van der Waals surface area contributed by atoms with Gasteiger partial charge in [-0.2, -0.15) is 0 Å². The van der Waals surface area contributed by atoms with Gasteiger partial charge in [-0.05, 0) is 87.6 Å². The molecule has 3 aliphatic heterocycles. The lowest BCUT2D eigenvalue weighted by atomic mass is 9.61. The maximum atomic E-state index is 14.7. The third-order valence-corrected chi connectivity index (χ3v) is 18.1. The number of aryl methyl sites for hydroxylation is 1. The molecule has 7 amide bonds. The van der Waals surface area contributed by atoms with E-state index in [9.17, 15) is 53.7 Å². The Labute approximate surface area is 522 Å². The number of ketones is 2. The summed E-state index contributed by atoms with van der Waals surface area (Å²) < 4.78 is 36.9. The van der Waals surface area contributed by atoms with Crippen LogP contribution in [0.4, 0.5) is 15.3 Å². The molecule has 4 aromatic rings. The van der Waals surface area contributed by atoms with Crippen molar-refractivity contribution in [3.63, 3.8) is 0 Å². The molecule has 4 aromatic carbocycles. The molecule has 0 bridgehead atoms. The third kappa shape index (κ3) is 14.0. The topological polar surface area (TPSA) is 330 Å². The molecule has 5 aliphatic rings. The zero-order valence-electron chi connectivity index (χ0n) is 51.2. The van der Waals surface area contributed by atoms with Gasteiger partial charge in [-0.25, -0.2) is 9.59 Å². The normalized spacial score (nSPS) is 24.3. The number of rotatable bonds is 30. The number of aliphatic hydroxyl groups is 3. The number of hydrogen-bond donors (Lipinski definition) is 8. The second kappa shape index (κ2) is 29.2. The van der Waals surface area contributed by atoms with Gasteiger partial charge in [0.25, 0.3) is 11.8 Å². The van der Waals surface area contributed by atoms with Crippen LogP contribution in [0.15, 0.2) is 103 Å². The Balaban J connectivity index is 0.803. The molecule has 482 valence electrons. The van der Waals surface area contributed by atoms with Crippen molar-refractivity contribution in [2.45, 2.75) is 152 Å². The molecule has 9 N–H and O–H groups in total. The number of alkyl carbamates (subject to hydrolysis) is 1. The Morgan fingerprint density at radius 2 is 1.54 bits per heavy atom. The molecule has 0 spiro atoms. The van der Waals surface area contributed by atoms with Crippen LogP contribution in [-0.4, -0.2) is 138 Å². The average molecular weight is 1240 g/mol. The van der Waals surface area contributed by atoms with E-state index < -0.39 is 89.0 Å². The number of methoxy groups -OCH3 is 1. The summed E-state index contributed by atoms with van der Waals surface area (Å²) in [5.74, 6) is -4.96. The molecule has 2 aliphatic carbocycles. The lowest BCUT2D eigenvalue weighted by Gasteiger charge is -2.41. The number of benzene rings is 4. The number of ether oxygens (including phenoxy) is 6. The highest BCUT2D eigenvalue weighted by Crippen LogP contribution is 2.70. The van der Waals surface area contributed by atoms with E-state index in [2.05, 4.69) is 21.3 Å². The minimum Gasteiger partial charge on any atom is -0.496 e. The average Bonchev–Trinajstić information content (AvgIpc) is 1.49. The fourth-order valence-corrected chi connectivity index (χ4v) is 13.0. The van der Waals surface area contributed by atoms with Gasteiger partial charge in [0.1, 0.15) is 53.7 Å². The minimum atomic E-state index is -2.33. The van der Waals surface area contributed by atoms with E-state index in [1.165, 1.54) is 30.2 Å². The molecule has 0 aromatic heterocycles. The number of nitrogens with zero attached hydrogens (tertiary/aromatic N) is 1. The fourth-order valence-electron chi connectivity index (χ4n) is 13.0. The number of urea groups is 1. The number of imide groups is 1. The summed E-state index contributed by atoms with van der Waals surface area (Å²) >= 11 is 0. The monoisotopic (exact) mass is 1240 g/mol. The molecule has 0 radical (unpaired) electrons. The van der Waals surface area contributed by atoms with Crippen molar-refractivity contribution in [1.29, 1.82) is 0 Å². The van der Waals surface area contributed by atoms with Crippen LogP contribution in [0, 0.1) is 24.2 Å². The molecular weight excluding hydrogens is 1160 g/mol. The van der Waals surface area contributed by atoms with Crippen LogP contribution in [0.3, 0.4) is 0 Å². The van der Waals surface area contributed by atoms with Crippen LogP contribution in [0.2, 0.25) is 0 Å². The maximum Gasteiger partial charge on any atom is 0.407 e. The summed E-state index contributed by atoms with van der Waals surface area (Å²) in [5, 5.41) is 47.7. The Hall–Kier alpha value is -8.22. The summed E-state index contributed by atoms with van der Waals surface area (Å²) in [4.78, 5) is 106. The van der Waals surface area contributed by atoms with E-state index in [0.717, 1.165) is 5.56 Å². The first-order valence-corrected chi connectivity index (χ1v) is 31.0. The molecule has 2 saturated carbocycles. The van der Waals surface area contributed by atoms with Crippen LogP contribution < -0.4 is 41.2 Å². The van der Waals surface area contributed by atoms with Crippen molar-refractivity contribution in [1.82, 2.24) is 20.9 Å².